The monoisotopic (exact) mass is 257 g/mol. The van der Waals surface area contributed by atoms with Crippen LogP contribution in [0.5, 0.6) is 0 Å². The highest BCUT2D eigenvalue weighted by atomic mass is 19.1. The molecule has 0 aromatic heterocycles. The van der Waals surface area contributed by atoms with Gasteiger partial charge in [0.15, 0.2) is 0 Å². The van der Waals surface area contributed by atoms with Crippen molar-refractivity contribution < 1.29 is 4.39 Å². The summed E-state index contributed by atoms with van der Waals surface area (Å²) in [5.41, 5.74) is 5.04. The molecule has 2 aromatic carbocycles. The highest BCUT2D eigenvalue weighted by molar-refractivity contribution is 5.69. The van der Waals surface area contributed by atoms with Gasteiger partial charge in [-0.05, 0) is 56.6 Å². The minimum Gasteiger partial charge on any atom is -0.313 e. The SMILES string of the molecule is CNC(C)c1ccc(F)c(-c2ccc(C)cc2C)c1. The second-order valence-electron chi connectivity index (χ2n) is 5.07. The van der Waals surface area contributed by atoms with E-state index >= 15 is 0 Å². The maximum atomic E-state index is 14.1. The maximum Gasteiger partial charge on any atom is 0.131 e. The minimum atomic E-state index is -0.168. The van der Waals surface area contributed by atoms with Crippen LogP contribution < -0.4 is 5.32 Å². The van der Waals surface area contributed by atoms with Gasteiger partial charge >= 0.3 is 0 Å². The zero-order valence-electron chi connectivity index (χ0n) is 11.9. The Labute approximate surface area is 114 Å². The molecule has 1 unspecified atom stereocenters. The van der Waals surface area contributed by atoms with Crippen LogP contribution >= 0.6 is 0 Å². The Bertz CT molecular complexity index is 590. The summed E-state index contributed by atoms with van der Waals surface area (Å²) >= 11 is 0. The quantitative estimate of drug-likeness (QED) is 0.860. The molecule has 19 heavy (non-hydrogen) atoms. The van der Waals surface area contributed by atoms with E-state index in [1.807, 2.05) is 45.2 Å². The van der Waals surface area contributed by atoms with Crippen molar-refractivity contribution in [2.24, 2.45) is 0 Å². The van der Waals surface area contributed by atoms with E-state index in [0.717, 1.165) is 16.7 Å². The molecular weight excluding hydrogens is 237 g/mol. The zero-order valence-corrected chi connectivity index (χ0v) is 11.9. The van der Waals surface area contributed by atoms with Gasteiger partial charge in [-0.1, -0.05) is 29.8 Å². The lowest BCUT2D eigenvalue weighted by Gasteiger charge is -2.14. The Balaban J connectivity index is 2.54. The maximum absolute atomic E-state index is 14.1. The number of rotatable bonds is 3. The summed E-state index contributed by atoms with van der Waals surface area (Å²) in [5.74, 6) is -0.168. The molecular formula is C17H20FN. The van der Waals surface area contributed by atoms with E-state index in [-0.39, 0.29) is 11.9 Å². The van der Waals surface area contributed by atoms with Gasteiger partial charge in [0.25, 0.3) is 0 Å². The first-order chi connectivity index (χ1) is 9.02. The van der Waals surface area contributed by atoms with Gasteiger partial charge in [-0.25, -0.2) is 4.39 Å². The third-order valence-corrected chi connectivity index (χ3v) is 3.60. The number of nitrogens with one attached hydrogen (secondary N) is 1. The molecule has 1 N–H and O–H groups in total. The molecule has 1 nitrogen and oxygen atoms in total. The normalized spacial score (nSPS) is 12.5. The first kappa shape index (κ1) is 13.8. The Kier molecular flexibility index (Phi) is 4.01. The van der Waals surface area contributed by atoms with Crippen molar-refractivity contribution in [1.29, 1.82) is 0 Å². The number of hydrogen-bond donors (Lipinski definition) is 1. The average molecular weight is 257 g/mol. The van der Waals surface area contributed by atoms with Gasteiger partial charge in [0.05, 0.1) is 0 Å². The molecule has 0 radical (unpaired) electrons. The van der Waals surface area contributed by atoms with Gasteiger partial charge in [0.2, 0.25) is 0 Å². The molecule has 0 heterocycles. The van der Waals surface area contributed by atoms with Crippen molar-refractivity contribution in [3.05, 3.63) is 58.9 Å². The van der Waals surface area contributed by atoms with E-state index in [1.165, 1.54) is 5.56 Å². The Morgan fingerprint density at radius 1 is 1.00 bits per heavy atom. The summed E-state index contributed by atoms with van der Waals surface area (Å²) in [6.45, 7) is 6.14. The van der Waals surface area contributed by atoms with Crippen LogP contribution in [0.4, 0.5) is 4.39 Å². The van der Waals surface area contributed by atoms with Crippen molar-refractivity contribution in [2.45, 2.75) is 26.8 Å². The van der Waals surface area contributed by atoms with Crippen LogP contribution in [-0.4, -0.2) is 7.05 Å². The highest BCUT2D eigenvalue weighted by Gasteiger charge is 2.11. The minimum absolute atomic E-state index is 0.168. The van der Waals surface area contributed by atoms with E-state index in [2.05, 4.69) is 18.3 Å². The number of aryl methyl sites for hydroxylation is 2. The van der Waals surface area contributed by atoms with E-state index < -0.39 is 0 Å². The number of hydrogen-bond acceptors (Lipinski definition) is 1. The highest BCUT2D eigenvalue weighted by Crippen LogP contribution is 2.29. The predicted molar refractivity (Wildman–Crippen MR) is 78.8 cm³/mol. The van der Waals surface area contributed by atoms with Crippen LogP contribution in [0, 0.1) is 19.7 Å². The van der Waals surface area contributed by atoms with Gasteiger partial charge in [0.1, 0.15) is 5.82 Å². The average Bonchev–Trinajstić information content (AvgIpc) is 2.39. The third-order valence-electron chi connectivity index (χ3n) is 3.60. The standard InChI is InChI=1S/C17H20FN/c1-11-5-7-15(12(2)9-11)16-10-14(13(3)19-4)6-8-17(16)18/h5-10,13,19H,1-4H3. The second-order valence-corrected chi connectivity index (χ2v) is 5.07. The third kappa shape index (κ3) is 2.85. The summed E-state index contributed by atoms with van der Waals surface area (Å²) in [4.78, 5) is 0. The molecule has 0 amide bonds. The van der Waals surface area contributed by atoms with Crippen molar-refractivity contribution >= 4 is 0 Å². The van der Waals surface area contributed by atoms with Crippen molar-refractivity contribution in [2.75, 3.05) is 7.05 Å². The van der Waals surface area contributed by atoms with E-state index in [4.69, 9.17) is 0 Å². The molecule has 0 aliphatic rings. The predicted octanol–water partition coefficient (Wildman–Crippen LogP) is 4.39. The fourth-order valence-corrected chi connectivity index (χ4v) is 2.30. The Morgan fingerprint density at radius 3 is 2.37 bits per heavy atom. The molecule has 0 saturated heterocycles. The molecule has 0 aliphatic carbocycles. The van der Waals surface area contributed by atoms with Crippen LogP contribution in [0.2, 0.25) is 0 Å². The number of benzene rings is 2. The smallest absolute Gasteiger partial charge is 0.131 e. The van der Waals surface area contributed by atoms with Crippen molar-refractivity contribution in [3.63, 3.8) is 0 Å². The molecule has 0 aliphatic heterocycles. The van der Waals surface area contributed by atoms with Gasteiger partial charge in [0, 0.05) is 11.6 Å². The van der Waals surface area contributed by atoms with Crippen LogP contribution in [0.25, 0.3) is 11.1 Å². The van der Waals surface area contributed by atoms with Crippen LogP contribution in [0.15, 0.2) is 36.4 Å². The van der Waals surface area contributed by atoms with Crippen molar-refractivity contribution in [3.8, 4) is 11.1 Å². The fourth-order valence-electron chi connectivity index (χ4n) is 2.30. The number of halogens is 1. The van der Waals surface area contributed by atoms with Gasteiger partial charge < -0.3 is 5.32 Å². The summed E-state index contributed by atoms with van der Waals surface area (Å²) in [7, 11) is 1.91. The van der Waals surface area contributed by atoms with Gasteiger partial charge in [-0.15, -0.1) is 0 Å². The largest absolute Gasteiger partial charge is 0.313 e. The molecule has 1 atom stereocenters. The first-order valence-corrected chi connectivity index (χ1v) is 6.57. The lowest BCUT2D eigenvalue weighted by Crippen LogP contribution is -2.12. The van der Waals surface area contributed by atoms with Gasteiger partial charge in [-0.3, -0.25) is 0 Å². The molecule has 2 aromatic rings. The van der Waals surface area contributed by atoms with Crippen LogP contribution in [0.3, 0.4) is 0 Å². The van der Waals surface area contributed by atoms with Crippen molar-refractivity contribution in [1.82, 2.24) is 5.32 Å². The summed E-state index contributed by atoms with van der Waals surface area (Å²) in [6, 6.07) is 11.6. The molecule has 2 heteroatoms. The van der Waals surface area contributed by atoms with Crippen LogP contribution in [-0.2, 0) is 0 Å². The topological polar surface area (TPSA) is 12.0 Å². The molecule has 0 fully saturated rings. The van der Waals surface area contributed by atoms with Crippen LogP contribution in [0.1, 0.15) is 29.7 Å². The first-order valence-electron chi connectivity index (χ1n) is 6.57. The Morgan fingerprint density at radius 2 is 1.74 bits per heavy atom. The molecule has 0 saturated carbocycles. The molecule has 0 spiro atoms. The fraction of sp³-hybridized carbons (Fsp3) is 0.294. The Hall–Kier alpha value is -1.67. The molecule has 100 valence electrons. The zero-order chi connectivity index (χ0) is 14.0. The van der Waals surface area contributed by atoms with E-state index in [1.54, 1.807) is 6.07 Å². The summed E-state index contributed by atoms with van der Waals surface area (Å²) in [5, 5.41) is 3.18. The molecule has 2 rings (SSSR count). The van der Waals surface area contributed by atoms with E-state index in [9.17, 15) is 4.39 Å². The van der Waals surface area contributed by atoms with Gasteiger partial charge in [-0.2, -0.15) is 0 Å². The lowest BCUT2D eigenvalue weighted by molar-refractivity contribution is 0.622. The second kappa shape index (κ2) is 5.54. The summed E-state index contributed by atoms with van der Waals surface area (Å²) in [6.07, 6.45) is 0. The summed E-state index contributed by atoms with van der Waals surface area (Å²) < 4.78 is 14.1. The molecule has 0 bridgehead atoms. The van der Waals surface area contributed by atoms with E-state index in [0.29, 0.717) is 5.56 Å². The lowest BCUT2D eigenvalue weighted by atomic mass is 9.95.